The number of likely N-dealkylation sites (N-methyl/N-ethyl adjacent to an activating group) is 1. The van der Waals surface area contributed by atoms with Gasteiger partial charge in [0.25, 0.3) is 0 Å². The molecule has 0 aliphatic carbocycles. The summed E-state index contributed by atoms with van der Waals surface area (Å²) < 4.78 is 11.3. The Kier molecular flexibility index (Phi) is 6.96. The second-order valence-corrected chi connectivity index (χ2v) is 4.51. The summed E-state index contributed by atoms with van der Waals surface area (Å²) in [6.45, 7) is 12.9. The minimum Gasteiger partial charge on any atom is -0.377 e. The summed E-state index contributed by atoms with van der Waals surface area (Å²) >= 11 is 0. The molecule has 0 saturated carbocycles. The van der Waals surface area contributed by atoms with Gasteiger partial charge in [-0.05, 0) is 20.4 Å². The first kappa shape index (κ1) is 13.9. The Morgan fingerprint density at radius 3 is 3.00 bits per heavy atom. The molecular weight excluding hydrogens is 204 g/mol. The van der Waals surface area contributed by atoms with E-state index in [9.17, 15) is 0 Å². The Morgan fingerprint density at radius 1 is 1.50 bits per heavy atom. The van der Waals surface area contributed by atoms with Crippen LogP contribution in [0.2, 0.25) is 0 Å². The van der Waals surface area contributed by atoms with Crippen LogP contribution in [0.15, 0.2) is 0 Å². The number of rotatable bonds is 7. The fraction of sp³-hybridized carbons (Fsp3) is 1.00. The second-order valence-electron chi connectivity index (χ2n) is 4.51. The molecule has 0 amide bonds. The average Bonchev–Trinajstić information content (AvgIpc) is 2.29. The Labute approximate surface area is 99.3 Å². The van der Waals surface area contributed by atoms with Gasteiger partial charge in [-0.15, -0.1) is 0 Å². The lowest BCUT2D eigenvalue weighted by Crippen LogP contribution is -2.47. The molecule has 1 aliphatic rings. The molecule has 1 rings (SSSR count). The van der Waals surface area contributed by atoms with Gasteiger partial charge in [-0.1, -0.05) is 6.92 Å². The van der Waals surface area contributed by atoms with Crippen molar-refractivity contribution in [3.63, 3.8) is 0 Å². The Balaban J connectivity index is 2.07. The molecule has 96 valence electrons. The van der Waals surface area contributed by atoms with Gasteiger partial charge in [0.1, 0.15) is 0 Å². The molecule has 16 heavy (non-hydrogen) atoms. The van der Waals surface area contributed by atoms with Crippen molar-refractivity contribution < 1.29 is 9.47 Å². The lowest BCUT2D eigenvalue weighted by Gasteiger charge is -2.35. The zero-order valence-electron chi connectivity index (χ0n) is 10.9. The third-order valence-corrected chi connectivity index (χ3v) is 2.88. The molecule has 0 aromatic rings. The lowest BCUT2D eigenvalue weighted by atomic mass is 10.2. The molecule has 1 fully saturated rings. The third-order valence-electron chi connectivity index (χ3n) is 2.88. The second kappa shape index (κ2) is 8.01. The van der Waals surface area contributed by atoms with Crippen molar-refractivity contribution in [2.75, 3.05) is 46.0 Å². The highest BCUT2D eigenvalue weighted by molar-refractivity contribution is 4.73. The van der Waals surface area contributed by atoms with Crippen LogP contribution < -0.4 is 5.32 Å². The van der Waals surface area contributed by atoms with Gasteiger partial charge < -0.3 is 14.8 Å². The maximum absolute atomic E-state index is 5.68. The van der Waals surface area contributed by atoms with Crippen molar-refractivity contribution in [2.24, 2.45) is 0 Å². The molecule has 1 unspecified atom stereocenters. The van der Waals surface area contributed by atoms with Gasteiger partial charge in [-0.3, -0.25) is 4.90 Å². The van der Waals surface area contributed by atoms with E-state index >= 15 is 0 Å². The molecule has 1 atom stereocenters. The molecule has 4 heteroatoms. The van der Waals surface area contributed by atoms with Crippen molar-refractivity contribution in [3.05, 3.63) is 0 Å². The van der Waals surface area contributed by atoms with Crippen LogP contribution in [-0.2, 0) is 9.47 Å². The zero-order valence-corrected chi connectivity index (χ0v) is 10.9. The molecule has 1 aliphatic heterocycles. The standard InChI is InChI=1S/C12H26N2O2/c1-4-13-5-7-15-10-12-9-14(11(2)3)6-8-16-12/h11-13H,4-10H2,1-3H3. The molecule has 4 nitrogen and oxygen atoms in total. The van der Waals surface area contributed by atoms with E-state index in [1.54, 1.807) is 0 Å². The van der Waals surface area contributed by atoms with Crippen LogP contribution in [-0.4, -0.2) is 63.0 Å². The highest BCUT2D eigenvalue weighted by Crippen LogP contribution is 2.08. The van der Waals surface area contributed by atoms with Crippen LogP contribution in [0, 0.1) is 0 Å². The van der Waals surface area contributed by atoms with E-state index in [4.69, 9.17) is 9.47 Å². The molecule has 0 spiro atoms. The van der Waals surface area contributed by atoms with Gasteiger partial charge in [0.15, 0.2) is 0 Å². The summed E-state index contributed by atoms with van der Waals surface area (Å²) in [7, 11) is 0. The third kappa shape index (κ3) is 5.25. The van der Waals surface area contributed by atoms with Crippen molar-refractivity contribution in [1.82, 2.24) is 10.2 Å². The molecule has 1 heterocycles. The summed E-state index contributed by atoms with van der Waals surface area (Å²) in [6, 6.07) is 0.605. The van der Waals surface area contributed by atoms with E-state index < -0.39 is 0 Å². The summed E-state index contributed by atoms with van der Waals surface area (Å²) in [5.41, 5.74) is 0. The summed E-state index contributed by atoms with van der Waals surface area (Å²) in [5.74, 6) is 0. The fourth-order valence-electron chi connectivity index (χ4n) is 1.85. The van der Waals surface area contributed by atoms with E-state index in [1.807, 2.05) is 0 Å². The predicted octanol–water partition coefficient (Wildman–Crippen LogP) is 0.722. The van der Waals surface area contributed by atoms with E-state index in [0.717, 1.165) is 39.4 Å². The molecule has 1 N–H and O–H groups in total. The van der Waals surface area contributed by atoms with E-state index in [1.165, 1.54) is 0 Å². The number of ether oxygens (including phenoxy) is 2. The van der Waals surface area contributed by atoms with Gasteiger partial charge in [-0.25, -0.2) is 0 Å². The Morgan fingerprint density at radius 2 is 2.31 bits per heavy atom. The molecule has 0 radical (unpaired) electrons. The zero-order chi connectivity index (χ0) is 11.8. The van der Waals surface area contributed by atoms with Gasteiger partial charge in [-0.2, -0.15) is 0 Å². The van der Waals surface area contributed by atoms with Crippen molar-refractivity contribution in [2.45, 2.75) is 32.9 Å². The number of nitrogens with zero attached hydrogens (tertiary/aromatic N) is 1. The fourth-order valence-corrected chi connectivity index (χ4v) is 1.85. The molecule has 1 saturated heterocycles. The Bertz CT molecular complexity index is 176. The molecular formula is C12H26N2O2. The van der Waals surface area contributed by atoms with Crippen LogP contribution >= 0.6 is 0 Å². The van der Waals surface area contributed by atoms with Crippen molar-refractivity contribution in [3.8, 4) is 0 Å². The molecule has 0 aromatic heterocycles. The monoisotopic (exact) mass is 230 g/mol. The van der Waals surface area contributed by atoms with Crippen LogP contribution in [0.4, 0.5) is 0 Å². The minimum absolute atomic E-state index is 0.248. The average molecular weight is 230 g/mol. The van der Waals surface area contributed by atoms with E-state index in [0.29, 0.717) is 12.6 Å². The summed E-state index contributed by atoms with van der Waals surface area (Å²) in [5, 5.41) is 3.24. The minimum atomic E-state index is 0.248. The van der Waals surface area contributed by atoms with Crippen LogP contribution in [0.25, 0.3) is 0 Å². The number of hydrogen-bond donors (Lipinski definition) is 1. The quantitative estimate of drug-likeness (QED) is 0.654. The predicted molar refractivity (Wildman–Crippen MR) is 65.8 cm³/mol. The summed E-state index contributed by atoms with van der Waals surface area (Å²) in [6.07, 6.45) is 0.248. The largest absolute Gasteiger partial charge is 0.377 e. The number of hydrogen-bond acceptors (Lipinski definition) is 4. The smallest absolute Gasteiger partial charge is 0.0935 e. The topological polar surface area (TPSA) is 33.7 Å². The van der Waals surface area contributed by atoms with Crippen LogP contribution in [0.3, 0.4) is 0 Å². The molecule has 0 aromatic carbocycles. The summed E-state index contributed by atoms with van der Waals surface area (Å²) in [4.78, 5) is 2.45. The Hall–Kier alpha value is -0.160. The van der Waals surface area contributed by atoms with Crippen LogP contribution in [0.5, 0.6) is 0 Å². The highest BCUT2D eigenvalue weighted by Gasteiger charge is 2.21. The van der Waals surface area contributed by atoms with Gasteiger partial charge in [0, 0.05) is 25.7 Å². The van der Waals surface area contributed by atoms with E-state index in [-0.39, 0.29) is 6.10 Å². The van der Waals surface area contributed by atoms with Gasteiger partial charge >= 0.3 is 0 Å². The lowest BCUT2D eigenvalue weighted by molar-refractivity contribution is -0.0753. The number of morpholine rings is 1. The van der Waals surface area contributed by atoms with E-state index in [2.05, 4.69) is 31.0 Å². The first-order valence-electron chi connectivity index (χ1n) is 6.38. The van der Waals surface area contributed by atoms with Crippen LogP contribution in [0.1, 0.15) is 20.8 Å². The highest BCUT2D eigenvalue weighted by atomic mass is 16.5. The number of nitrogens with one attached hydrogen (secondary N) is 1. The first-order chi connectivity index (χ1) is 7.74. The van der Waals surface area contributed by atoms with Crippen molar-refractivity contribution in [1.29, 1.82) is 0 Å². The van der Waals surface area contributed by atoms with Gasteiger partial charge in [0.05, 0.1) is 25.9 Å². The van der Waals surface area contributed by atoms with Crippen molar-refractivity contribution >= 4 is 0 Å². The normalized spacial score (nSPS) is 22.9. The molecule has 0 bridgehead atoms. The first-order valence-corrected chi connectivity index (χ1v) is 6.38. The maximum atomic E-state index is 5.68. The maximum Gasteiger partial charge on any atom is 0.0935 e. The van der Waals surface area contributed by atoms with Gasteiger partial charge in [0.2, 0.25) is 0 Å². The SMILES string of the molecule is CCNCCOCC1CN(C(C)C)CCO1.